The average Bonchev–Trinajstić information content (AvgIpc) is 2.34. The van der Waals surface area contributed by atoms with Gasteiger partial charge in [0.2, 0.25) is 0 Å². The van der Waals surface area contributed by atoms with Crippen molar-refractivity contribution in [3.63, 3.8) is 0 Å². The number of carbonyl (C=O) groups is 1. The monoisotopic (exact) mass is 267 g/mol. The smallest absolute Gasteiger partial charge is 0.305 e. The summed E-state index contributed by atoms with van der Waals surface area (Å²) in [6, 6.07) is 5.09. The molecule has 0 unspecified atom stereocenters. The second-order valence-corrected chi connectivity index (χ2v) is 3.90. The standard InChI is InChI=1S/C12H14ClN3O2/c1-2-18-12(17)4-3-5-15-11-7-9(8-14)6-10(13)16-11/h6-7H,2-5H2,1H3,(H,15,16). The summed E-state index contributed by atoms with van der Waals surface area (Å²) in [5, 5.41) is 12.0. The number of pyridine rings is 1. The van der Waals surface area contributed by atoms with Crippen molar-refractivity contribution in [2.24, 2.45) is 0 Å². The van der Waals surface area contributed by atoms with Crippen LogP contribution in [0.4, 0.5) is 5.82 Å². The quantitative estimate of drug-likeness (QED) is 0.486. The zero-order valence-electron chi connectivity index (χ0n) is 10.1. The lowest BCUT2D eigenvalue weighted by Crippen LogP contribution is -2.09. The van der Waals surface area contributed by atoms with E-state index < -0.39 is 0 Å². The predicted octanol–water partition coefficient (Wildman–Crippen LogP) is 2.36. The highest BCUT2D eigenvalue weighted by Crippen LogP contribution is 2.13. The Morgan fingerprint density at radius 3 is 3.06 bits per heavy atom. The van der Waals surface area contributed by atoms with Crippen LogP contribution in [0.25, 0.3) is 0 Å². The van der Waals surface area contributed by atoms with Crippen molar-refractivity contribution in [3.8, 4) is 6.07 Å². The molecule has 18 heavy (non-hydrogen) atoms. The van der Waals surface area contributed by atoms with Gasteiger partial charge in [0.1, 0.15) is 11.0 Å². The van der Waals surface area contributed by atoms with Gasteiger partial charge in [-0.3, -0.25) is 4.79 Å². The SMILES string of the molecule is CCOC(=O)CCCNc1cc(C#N)cc(Cl)n1. The Labute approximate surface area is 111 Å². The molecule has 1 rings (SSSR count). The summed E-state index contributed by atoms with van der Waals surface area (Å²) in [7, 11) is 0. The summed E-state index contributed by atoms with van der Waals surface area (Å²) in [5.74, 6) is 0.318. The number of aromatic nitrogens is 1. The molecule has 1 aromatic heterocycles. The predicted molar refractivity (Wildman–Crippen MR) is 68.3 cm³/mol. The first-order valence-electron chi connectivity index (χ1n) is 5.63. The van der Waals surface area contributed by atoms with E-state index in [2.05, 4.69) is 10.3 Å². The molecule has 0 atom stereocenters. The summed E-state index contributed by atoms with van der Waals surface area (Å²) in [4.78, 5) is 15.1. The van der Waals surface area contributed by atoms with Crippen molar-refractivity contribution < 1.29 is 9.53 Å². The lowest BCUT2D eigenvalue weighted by Gasteiger charge is -2.06. The van der Waals surface area contributed by atoms with E-state index >= 15 is 0 Å². The van der Waals surface area contributed by atoms with Crippen LogP contribution in [-0.2, 0) is 9.53 Å². The van der Waals surface area contributed by atoms with E-state index in [9.17, 15) is 4.79 Å². The summed E-state index contributed by atoms with van der Waals surface area (Å²) in [6.45, 7) is 2.74. The Balaban J connectivity index is 2.38. The third kappa shape index (κ3) is 5.02. The largest absolute Gasteiger partial charge is 0.466 e. The number of carbonyl (C=O) groups excluding carboxylic acids is 1. The van der Waals surface area contributed by atoms with Gasteiger partial charge in [-0.25, -0.2) is 4.98 Å². The number of nitrogens with zero attached hydrogens (tertiary/aromatic N) is 2. The number of hydrogen-bond donors (Lipinski definition) is 1. The zero-order valence-corrected chi connectivity index (χ0v) is 10.8. The Morgan fingerprint density at radius 2 is 2.39 bits per heavy atom. The van der Waals surface area contributed by atoms with Gasteiger partial charge in [-0.15, -0.1) is 0 Å². The molecule has 1 aromatic rings. The highest BCUT2D eigenvalue weighted by atomic mass is 35.5. The highest BCUT2D eigenvalue weighted by Gasteiger charge is 2.03. The minimum Gasteiger partial charge on any atom is -0.466 e. The highest BCUT2D eigenvalue weighted by molar-refractivity contribution is 6.29. The first-order chi connectivity index (χ1) is 8.65. The lowest BCUT2D eigenvalue weighted by molar-refractivity contribution is -0.143. The van der Waals surface area contributed by atoms with Crippen molar-refractivity contribution in [2.75, 3.05) is 18.5 Å². The summed E-state index contributed by atoms with van der Waals surface area (Å²) < 4.78 is 4.80. The van der Waals surface area contributed by atoms with Gasteiger partial charge in [0.05, 0.1) is 18.2 Å². The van der Waals surface area contributed by atoms with Crippen LogP contribution in [0.2, 0.25) is 5.15 Å². The van der Waals surface area contributed by atoms with Crippen LogP contribution in [0.3, 0.4) is 0 Å². The summed E-state index contributed by atoms with van der Waals surface area (Å²) in [6.07, 6.45) is 0.988. The fourth-order valence-electron chi connectivity index (χ4n) is 1.33. The fraction of sp³-hybridized carbons (Fsp3) is 0.417. The molecule has 5 nitrogen and oxygen atoms in total. The van der Waals surface area contributed by atoms with E-state index in [0.717, 1.165) is 0 Å². The number of nitrogens with one attached hydrogen (secondary N) is 1. The summed E-state index contributed by atoms with van der Waals surface area (Å²) >= 11 is 5.76. The van der Waals surface area contributed by atoms with E-state index in [1.807, 2.05) is 6.07 Å². The topological polar surface area (TPSA) is 75.0 Å². The molecule has 0 saturated carbocycles. The van der Waals surface area contributed by atoms with Crippen molar-refractivity contribution in [1.29, 1.82) is 5.26 Å². The van der Waals surface area contributed by atoms with Crippen LogP contribution >= 0.6 is 11.6 Å². The molecule has 0 aliphatic carbocycles. The molecule has 96 valence electrons. The van der Waals surface area contributed by atoms with Gasteiger partial charge >= 0.3 is 5.97 Å². The maximum absolute atomic E-state index is 11.1. The Morgan fingerprint density at radius 1 is 1.61 bits per heavy atom. The van der Waals surface area contributed by atoms with Gasteiger partial charge < -0.3 is 10.1 Å². The van der Waals surface area contributed by atoms with Crippen LogP contribution in [-0.4, -0.2) is 24.1 Å². The van der Waals surface area contributed by atoms with Gasteiger partial charge in [-0.2, -0.15) is 5.26 Å². The van der Waals surface area contributed by atoms with Crippen molar-refractivity contribution in [2.45, 2.75) is 19.8 Å². The fourth-order valence-corrected chi connectivity index (χ4v) is 1.54. The Kier molecular flexibility index (Phi) is 5.95. The molecule has 1 heterocycles. The molecule has 0 aromatic carbocycles. The first kappa shape index (κ1) is 14.3. The van der Waals surface area contributed by atoms with Gasteiger partial charge in [-0.1, -0.05) is 11.6 Å². The van der Waals surface area contributed by atoms with Crippen molar-refractivity contribution in [1.82, 2.24) is 4.98 Å². The molecule has 0 fully saturated rings. The molecular weight excluding hydrogens is 254 g/mol. The first-order valence-corrected chi connectivity index (χ1v) is 6.00. The maximum Gasteiger partial charge on any atom is 0.305 e. The number of anilines is 1. The second kappa shape index (κ2) is 7.51. The maximum atomic E-state index is 11.1. The molecule has 0 saturated heterocycles. The minimum atomic E-state index is -0.212. The Hall–Kier alpha value is -1.80. The van der Waals surface area contributed by atoms with Crippen LogP contribution in [0, 0.1) is 11.3 Å². The molecule has 0 radical (unpaired) electrons. The molecule has 6 heteroatoms. The number of nitriles is 1. The van der Waals surface area contributed by atoms with Gasteiger partial charge in [-0.05, 0) is 25.5 Å². The average molecular weight is 268 g/mol. The normalized spacial score (nSPS) is 9.61. The second-order valence-electron chi connectivity index (χ2n) is 3.51. The molecule has 0 bridgehead atoms. The van der Waals surface area contributed by atoms with E-state index in [1.165, 1.54) is 6.07 Å². The van der Waals surface area contributed by atoms with Crippen LogP contribution < -0.4 is 5.32 Å². The number of rotatable bonds is 6. The third-order valence-electron chi connectivity index (χ3n) is 2.09. The van der Waals surface area contributed by atoms with Crippen LogP contribution in [0.1, 0.15) is 25.3 Å². The minimum absolute atomic E-state index is 0.212. The molecule has 0 spiro atoms. The molecule has 0 aliphatic rings. The van der Waals surface area contributed by atoms with E-state index in [-0.39, 0.29) is 11.1 Å². The van der Waals surface area contributed by atoms with E-state index in [1.54, 1.807) is 13.0 Å². The zero-order chi connectivity index (χ0) is 13.4. The number of ether oxygens (including phenoxy) is 1. The third-order valence-corrected chi connectivity index (χ3v) is 2.29. The molecule has 1 N–H and O–H groups in total. The number of esters is 1. The number of hydrogen-bond acceptors (Lipinski definition) is 5. The van der Waals surface area contributed by atoms with Gasteiger partial charge in [0.25, 0.3) is 0 Å². The van der Waals surface area contributed by atoms with Gasteiger partial charge in [0, 0.05) is 13.0 Å². The van der Waals surface area contributed by atoms with Crippen LogP contribution in [0.15, 0.2) is 12.1 Å². The molecule has 0 aliphatic heterocycles. The van der Waals surface area contributed by atoms with Crippen molar-refractivity contribution in [3.05, 3.63) is 22.8 Å². The Bertz CT molecular complexity index is 457. The number of halogens is 1. The summed E-state index contributed by atoms with van der Waals surface area (Å²) in [5.41, 5.74) is 0.447. The molecule has 0 amide bonds. The molecular formula is C12H14ClN3O2. The lowest BCUT2D eigenvalue weighted by atomic mass is 10.3. The van der Waals surface area contributed by atoms with Crippen LogP contribution in [0.5, 0.6) is 0 Å². The van der Waals surface area contributed by atoms with E-state index in [0.29, 0.717) is 37.4 Å². The van der Waals surface area contributed by atoms with E-state index in [4.69, 9.17) is 21.6 Å². The van der Waals surface area contributed by atoms with Crippen molar-refractivity contribution >= 4 is 23.4 Å². The van der Waals surface area contributed by atoms with Gasteiger partial charge in [0.15, 0.2) is 0 Å².